The van der Waals surface area contributed by atoms with Crippen LogP contribution in [-0.4, -0.2) is 43.1 Å². The van der Waals surface area contributed by atoms with Crippen LogP contribution in [0.15, 0.2) is 42.6 Å². The van der Waals surface area contributed by atoms with Crippen LogP contribution in [-0.2, 0) is 4.74 Å². The summed E-state index contributed by atoms with van der Waals surface area (Å²) >= 11 is 0. The zero-order valence-electron chi connectivity index (χ0n) is 13.1. The van der Waals surface area contributed by atoms with Crippen molar-refractivity contribution < 1.29 is 14.3 Å². The minimum absolute atomic E-state index is 0.294. The third kappa shape index (κ3) is 3.52. The van der Waals surface area contributed by atoms with Crippen LogP contribution in [0.3, 0.4) is 0 Å². The van der Waals surface area contributed by atoms with E-state index in [0.29, 0.717) is 35.8 Å². The summed E-state index contributed by atoms with van der Waals surface area (Å²) in [7, 11) is 0. The second-order valence-electron chi connectivity index (χ2n) is 5.37. The first-order valence-corrected chi connectivity index (χ1v) is 7.64. The molecule has 0 aliphatic carbocycles. The smallest absolute Gasteiger partial charge is 0.255 e. The first-order chi connectivity index (χ1) is 11.6. The number of amides is 2. The predicted molar refractivity (Wildman–Crippen MR) is 90.2 cm³/mol. The van der Waals surface area contributed by atoms with Crippen LogP contribution in [0.4, 0.5) is 11.5 Å². The molecule has 1 aliphatic heterocycles. The molecule has 2 aromatic rings. The number of nitrogens with one attached hydrogen (secondary N) is 1. The van der Waals surface area contributed by atoms with Crippen molar-refractivity contribution in [2.24, 2.45) is 5.73 Å². The maximum absolute atomic E-state index is 12.5. The molecule has 3 N–H and O–H groups in total. The number of aromatic nitrogens is 1. The number of anilines is 2. The van der Waals surface area contributed by atoms with Crippen molar-refractivity contribution in [2.75, 3.05) is 36.5 Å². The highest BCUT2D eigenvalue weighted by Gasteiger charge is 2.18. The molecule has 1 fully saturated rings. The summed E-state index contributed by atoms with van der Waals surface area (Å²) in [5.74, 6) is -0.180. The van der Waals surface area contributed by atoms with E-state index < -0.39 is 5.91 Å². The standard InChI is InChI=1S/C17H18N4O3/c18-15(22)12-3-1-4-13(11-12)17(23)20-14-5-2-6-19-16(14)21-7-9-24-10-8-21/h1-6,11H,7-10H2,(H2,18,22)(H,20,23). The lowest BCUT2D eigenvalue weighted by Gasteiger charge is -2.29. The van der Waals surface area contributed by atoms with Gasteiger partial charge in [0.05, 0.1) is 18.9 Å². The van der Waals surface area contributed by atoms with Crippen molar-refractivity contribution in [1.82, 2.24) is 4.98 Å². The van der Waals surface area contributed by atoms with Crippen molar-refractivity contribution in [2.45, 2.75) is 0 Å². The van der Waals surface area contributed by atoms with Crippen LogP contribution >= 0.6 is 0 Å². The molecule has 3 rings (SSSR count). The Labute approximate surface area is 139 Å². The average Bonchev–Trinajstić information content (AvgIpc) is 2.63. The van der Waals surface area contributed by atoms with Crippen molar-refractivity contribution in [3.05, 3.63) is 53.7 Å². The topological polar surface area (TPSA) is 97.5 Å². The minimum Gasteiger partial charge on any atom is -0.378 e. The normalized spacial score (nSPS) is 14.2. The summed E-state index contributed by atoms with van der Waals surface area (Å²) in [6, 6.07) is 9.87. The molecule has 1 saturated heterocycles. The van der Waals surface area contributed by atoms with Gasteiger partial charge in [-0.15, -0.1) is 0 Å². The lowest BCUT2D eigenvalue weighted by Crippen LogP contribution is -2.37. The highest BCUT2D eigenvalue weighted by atomic mass is 16.5. The van der Waals surface area contributed by atoms with Gasteiger partial charge in [0, 0.05) is 30.4 Å². The number of carbonyl (C=O) groups is 2. The molecule has 24 heavy (non-hydrogen) atoms. The van der Waals surface area contributed by atoms with Crippen LogP contribution in [0.5, 0.6) is 0 Å². The van der Waals surface area contributed by atoms with Gasteiger partial charge in [-0.25, -0.2) is 4.98 Å². The molecule has 2 heterocycles. The number of rotatable bonds is 4. The second-order valence-corrected chi connectivity index (χ2v) is 5.37. The maximum Gasteiger partial charge on any atom is 0.255 e. The molecule has 0 saturated carbocycles. The zero-order valence-corrected chi connectivity index (χ0v) is 13.1. The van der Waals surface area contributed by atoms with Crippen molar-refractivity contribution >= 4 is 23.3 Å². The van der Waals surface area contributed by atoms with E-state index in [1.807, 2.05) is 0 Å². The Morgan fingerprint density at radius 3 is 2.62 bits per heavy atom. The van der Waals surface area contributed by atoms with Gasteiger partial charge >= 0.3 is 0 Å². The highest BCUT2D eigenvalue weighted by molar-refractivity contribution is 6.07. The Kier molecular flexibility index (Phi) is 4.72. The van der Waals surface area contributed by atoms with E-state index in [2.05, 4.69) is 15.2 Å². The van der Waals surface area contributed by atoms with Gasteiger partial charge in [0.1, 0.15) is 0 Å². The molecule has 7 nitrogen and oxygen atoms in total. The zero-order chi connectivity index (χ0) is 16.9. The van der Waals surface area contributed by atoms with Gasteiger partial charge in [0.25, 0.3) is 5.91 Å². The summed E-state index contributed by atoms with van der Waals surface area (Å²) in [6.45, 7) is 2.70. The highest BCUT2D eigenvalue weighted by Crippen LogP contribution is 2.24. The number of pyridine rings is 1. The summed E-state index contributed by atoms with van der Waals surface area (Å²) in [5.41, 5.74) is 6.53. The summed E-state index contributed by atoms with van der Waals surface area (Å²) < 4.78 is 5.35. The third-order valence-electron chi connectivity index (χ3n) is 3.75. The van der Waals surface area contributed by atoms with Crippen molar-refractivity contribution in [1.29, 1.82) is 0 Å². The monoisotopic (exact) mass is 326 g/mol. The first-order valence-electron chi connectivity index (χ1n) is 7.64. The summed E-state index contributed by atoms with van der Waals surface area (Å²) in [5, 5.41) is 2.85. The molecule has 124 valence electrons. The van der Waals surface area contributed by atoms with E-state index in [4.69, 9.17) is 10.5 Å². The predicted octanol–water partition coefficient (Wildman–Crippen LogP) is 1.27. The molecule has 0 bridgehead atoms. The Bertz CT molecular complexity index is 757. The quantitative estimate of drug-likeness (QED) is 0.882. The Morgan fingerprint density at radius 1 is 1.12 bits per heavy atom. The molecule has 0 spiro atoms. The van der Waals surface area contributed by atoms with Crippen LogP contribution < -0.4 is 16.0 Å². The molecule has 7 heteroatoms. The van der Waals surface area contributed by atoms with E-state index in [0.717, 1.165) is 13.1 Å². The number of primary amides is 1. The largest absolute Gasteiger partial charge is 0.378 e. The molecule has 1 aromatic carbocycles. The van der Waals surface area contributed by atoms with Crippen LogP contribution in [0.2, 0.25) is 0 Å². The fourth-order valence-corrected chi connectivity index (χ4v) is 2.53. The van der Waals surface area contributed by atoms with Crippen LogP contribution in [0.1, 0.15) is 20.7 Å². The third-order valence-corrected chi connectivity index (χ3v) is 3.75. The first kappa shape index (κ1) is 15.9. The number of morpholine rings is 1. The van der Waals surface area contributed by atoms with E-state index >= 15 is 0 Å². The summed E-state index contributed by atoms with van der Waals surface area (Å²) in [6.07, 6.45) is 1.69. The summed E-state index contributed by atoms with van der Waals surface area (Å²) in [4.78, 5) is 30.2. The van der Waals surface area contributed by atoms with Crippen LogP contribution in [0.25, 0.3) is 0 Å². The number of benzene rings is 1. The molecule has 1 aliphatic rings. The van der Waals surface area contributed by atoms with Crippen molar-refractivity contribution in [3.8, 4) is 0 Å². The van der Waals surface area contributed by atoms with Gasteiger partial charge in [-0.05, 0) is 30.3 Å². The average molecular weight is 326 g/mol. The van der Waals surface area contributed by atoms with E-state index in [-0.39, 0.29) is 5.91 Å². The van der Waals surface area contributed by atoms with Gasteiger partial charge in [0.15, 0.2) is 5.82 Å². The maximum atomic E-state index is 12.5. The van der Waals surface area contributed by atoms with Gasteiger partial charge < -0.3 is 20.7 Å². The Hall–Kier alpha value is -2.93. The molecular weight excluding hydrogens is 308 g/mol. The minimum atomic E-state index is -0.569. The molecule has 2 amide bonds. The number of ether oxygens (including phenoxy) is 1. The molecule has 1 aromatic heterocycles. The Morgan fingerprint density at radius 2 is 1.88 bits per heavy atom. The number of nitrogens with zero attached hydrogens (tertiary/aromatic N) is 2. The second kappa shape index (κ2) is 7.10. The van der Waals surface area contributed by atoms with Gasteiger partial charge in [-0.2, -0.15) is 0 Å². The fourth-order valence-electron chi connectivity index (χ4n) is 2.53. The van der Waals surface area contributed by atoms with Gasteiger partial charge in [-0.3, -0.25) is 9.59 Å². The lowest BCUT2D eigenvalue weighted by molar-refractivity contribution is 0.1000. The fraction of sp³-hybridized carbons (Fsp3) is 0.235. The van der Waals surface area contributed by atoms with Crippen LogP contribution in [0, 0.1) is 0 Å². The molecule has 0 radical (unpaired) electrons. The molecule has 0 atom stereocenters. The SMILES string of the molecule is NC(=O)c1cccc(C(=O)Nc2cccnc2N2CCOCC2)c1. The number of nitrogens with two attached hydrogens (primary N) is 1. The van der Waals surface area contributed by atoms with E-state index in [9.17, 15) is 9.59 Å². The van der Waals surface area contributed by atoms with Gasteiger partial charge in [0.2, 0.25) is 5.91 Å². The van der Waals surface area contributed by atoms with E-state index in [1.54, 1.807) is 36.5 Å². The van der Waals surface area contributed by atoms with E-state index in [1.165, 1.54) is 6.07 Å². The number of carbonyl (C=O) groups excluding carboxylic acids is 2. The Balaban J connectivity index is 1.82. The van der Waals surface area contributed by atoms with Crippen molar-refractivity contribution in [3.63, 3.8) is 0 Å². The number of hydrogen-bond acceptors (Lipinski definition) is 5. The lowest BCUT2D eigenvalue weighted by atomic mass is 10.1. The number of hydrogen-bond donors (Lipinski definition) is 2. The molecular formula is C17H18N4O3. The van der Waals surface area contributed by atoms with Gasteiger partial charge in [-0.1, -0.05) is 6.07 Å². The molecule has 0 unspecified atom stereocenters.